The number of nitrogens with zero attached hydrogens (tertiary/aromatic N) is 3. The van der Waals surface area contributed by atoms with Crippen LogP contribution in [0.1, 0.15) is 19.3 Å². The Morgan fingerprint density at radius 2 is 1.91 bits per heavy atom. The molecule has 2 heterocycles. The highest BCUT2D eigenvalue weighted by Crippen LogP contribution is 2.22. The molecule has 1 aromatic heterocycles. The molecule has 1 saturated heterocycles. The van der Waals surface area contributed by atoms with E-state index in [-0.39, 0.29) is 5.91 Å². The highest BCUT2D eigenvalue weighted by atomic mass is 79.9. The lowest BCUT2D eigenvalue weighted by molar-refractivity contribution is -0.129. The molecule has 3 rings (SSSR count). The molecule has 0 bridgehead atoms. The number of hydrogen-bond acceptors (Lipinski definition) is 3. The molecule has 2 aromatic rings. The Morgan fingerprint density at radius 3 is 2.64 bits per heavy atom. The van der Waals surface area contributed by atoms with Crippen molar-refractivity contribution < 1.29 is 4.79 Å². The van der Waals surface area contributed by atoms with Crippen LogP contribution < -0.4 is 0 Å². The minimum Gasteiger partial charge on any atom is -0.342 e. The molecule has 0 radical (unpaired) electrons. The summed E-state index contributed by atoms with van der Waals surface area (Å²) in [6.07, 6.45) is 7.20. The number of aromatic nitrogens is 2. The van der Waals surface area contributed by atoms with Crippen LogP contribution in [0, 0.1) is 0 Å². The largest absolute Gasteiger partial charge is 0.342 e. The third kappa shape index (κ3) is 3.73. The molecule has 0 unspecified atom stereocenters. The SMILES string of the molecule is O=C(CSc1nccn1-c1ccc(Br)cc1)N1CCCCC1. The van der Waals surface area contributed by atoms with Crippen LogP contribution in [0.2, 0.25) is 0 Å². The fourth-order valence-electron chi connectivity index (χ4n) is 2.56. The summed E-state index contributed by atoms with van der Waals surface area (Å²) in [6, 6.07) is 8.07. The molecule has 1 aromatic carbocycles. The van der Waals surface area contributed by atoms with Crippen molar-refractivity contribution in [2.45, 2.75) is 24.4 Å². The first-order chi connectivity index (χ1) is 10.7. The maximum atomic E-state index is 12.2. The second-order valence-corrected chi connectivity index (χ2v) is 7.14. The van der Waals surface area contributed by atoms with Crippen LogP contribution in [0.15, 0.2) is 46.3 Å². The van der Waals surface area contributed by atoms with Crippen molar-refractivity contribution in [2.24, 2.45) is 0 Å². The van der Waals surface area contributed by atoms with Crippen molar-refractivity contribution >= 4 is 33.6 Å². The van der Waals surface area contributed by atoms with Crippen LogP contribution >= 0.6 is 27.7 Å². The monoisotopic (exact) mass is 379 g/mol. The van der Waals surface area contributed by atoms with Crippen LogP contribution in [0.5, 0.6) is 0 Å². The quantitative estimate of drug-likeness (QED) is 0.759. The molecule has 1 fully saturated rings. The van der Waals surface area contributed by atoms with Gasteiger partial charge >= 0.3 is 0 Å². The van der Waals surface area contributed by atoms with Gasteiger partial charge in [0.2, 0.25) is 5.91 Å². The first kappa shape index (κ1) is 15.6. The Kier molecular flexibility index (Phi) is 5.20. The third-order valence-electron chi connectivity index (χ3n) is 3.75. The first-order valence-electron chi connectivity index (χ1n) is 7.44. The number of carbonyl (C=O) groups is 1. The maximum Gasteiger partial charge on any atom is 0.233 e. The molecule has 1 amide bonds. The van der Waals surface area contributed by atoms with Crippen LogP contribution in [-0.4, -0.2) is 39.2 Å². The van der Waals surface area contributed by atoms with Gasteiger partial charge in [-0.25, -0.2) is 4.98 Å². The summed E-state index contributed by atoms with van der Waals surface area (Å²) in [5, 5.41) is 0.854. The molecule has 0 spiro atoms. The molecule has 0 aliphatic carbocycles. The fourth-order valence-corrected chi connectivity index (χ4v) is 3.70. The van der Waals surface area contributed by atoms with Crippen molar-refractivity contribution in [3.8, 4) is 5.69 Å². The second-order valence-electron chi connectivity index (χ2n) is 5.29. The summed E-state index contributed by atoms with van der Waals surface area (Å²) in [7, 11) is 0. The zero-order valence-electron chi connectivity index (χ0n) is 12.2. The molecule has 4 nitrogen and oxygen atoms in total. The standard InChI is InChI=1S/C16H18BrN3OS/c17-13-4-6-14(7-5-13)20-11-8-18-16(20)22-12-15(21)19-9-2-1-3-10-19/h4-8,11H,1-3,9-10,12H2. The van der Waals surface area contributed by atoms with E-state index in [1.807, 2.05) is 39.9 Å². The van der Waals surface area contributed by atoms with Gasteiger partial charge in [-0.15, -0.1) is 0 Å². The number of imidazole rings is 1. The van der Waals surface area contributed by atoms with Gasteiger partial charge in [0.1, 0.15) is 0 Å². The summed E-state index contributed by atoms with van der Waals surface area (Å²) in [5.41, 5.74) is 1.05. The van der Waals surface area contributed by atoms with E-state index >= 15 is 0 Å². The number of rotatable bonds is 4. The van der Waals surface area contributed by atoms with Gasteiger partial charge in [-0.3, -0.25) is 9.36 Å². The minimum absolute atomic E-state index is 0.218. The van der Waals surface area contributed by atoms with E-state index in [0.29, 0.717) is 5.75 Å². The van der Waals surface area contributed by atoms with E-state index in [0.717, 1.165) is 41.2 Å². The summed E-state index contributed by atoms with van der Waals surface area (Å²) < 4.78 is 3.06. The summed E-state index contributed by atoms with van der Waals surface area (Å²) >= 11 is 4.94. The van der Waals surface area contributed by atoms with Crippen LogP contribution in [0.3, 0.4) is 0 Å². The topological polar surface area (TPSA) is 38.1 Å². The first-order valence-corrected chi connectivity index (χ1v) is 9.22. The van der Waals surface area contributed by atoms with Crippen molar-refractivity contribution in [3.63, 3.8) is 0 Å². The number of carbonyl (C=O) groups excluding carboxylic acids is 1. The summed E-state index contributed by atoms with van der Waals surface area (Å²) in [4.78, 5) is 18.6. The van der Waals surface area contributed by atoms with E-state index < -0.39 is 0 Å². The predicted molar refractivity (Wildman–Crippen MR) is 92.4 cm³/mol. The Labute approximate surface area is 143 Å². The molecule has 0 N–H and O–H groups in total. The summed E-state index contributed by atoms with van der Waals surface area (Å²) in [6.45, 7) is 1.81. The second kappa shape index (κ2) is 7.33. The molecule has 22 heavy (non-hydrogen) atoms. The smallest absolute Gasteiger partial charge is 0.233 e. The van der Waals surface area contributed by atoms with Crippen molar-refractivity contribution in [1.82, 2.24) is 14.5 Å². The van der Waals surface area contributed by atoms with E-state index in [1.165, 1.54) is 18.2 Å². The lowest BCUT2D eigenvalue weighted by Crippen LogP contribution is -2.36. The normalized spacial score (nSPS) is 15.0. The third-order valence-corrected chi connectivity index (χ3v) is 5.23. The Bertz CT molecular complexity index is 635. The number of amides is 1. The highest BCUT2D eigenvalue weighted by molar-refractivity contribution is 9.10. The lowest BCUT2D eigenvalue weighted by atomic mass is 10.1. The van der Waals surface area contributed by atoms with Gasteiger partial charge < -0.3 is 4.90 Å². The van der Waals surface area contributed by atoms with Gasteiger partial charge in [0.05, 0.1) is 5.75 Å². The maximum absolute atomic E-state index is 12.2. The molecule has 0 atom stereocenters. The average molecular weight is 380 g/mol. The number of hydrogen-bond donors (Lipinski definition) is 0. The molecule has 6 heteroatoms. The number of thioether (sulfide) groups is 1. The Morgan fingerprint density at radius 1 is 1.18 bits per heavy atom. The average Bonchev–Trinajstić information content (AvgIpc) is 3.02. The summed E-state index contributed by atoms with van der Waals surface area (Å²) in [5.74, 6) is 0.670. The number of benzene rings is 1. The minimum atomic E-state index is 0.218. The van der Waals surface area contributed by atoms with Gasteiger partial charge in [0, 0.05) is 35.6 Å². The van der Waals surface area contributed by atoms with Gasteiger partial charge in [-0.2, -0.15) is 0 Å². The molecular formula is C16H18BrN3OS. The molecule has 116 valence electrons. The van der Waals surface area contributed by atoms with Gasteiger partial charge in [-0.05, 0) is 43.5 Å². The Balaban J connectivity index is 1.65. The molecule has 1 aliphatic heterocycles. The van der Waals surface area contributed by atoms with E-state index in [1.54, 1.807) is 6.20 Å². The van der Waals surface area contributed by atoms with Gasteiger partial charge in [0.25, 0.3) is 0 Å². The van der Waals surface area contributed by atoms with E-state index in [2.05, 4.69) is 20.9 Å². The van der Waals surface area contributed by atoms with Crippen LogP contribution in [0.4, 0.5) is 0 Å². The van der Waals surface area contributed by atoms with Gasteiger partial charge in [0.15, 0.2) is 5.16 Å². The Hall–Kier alpha value is -1.27. The molecule has 1 aliphatic rings. The molecular weight excluding hydrogens is 362 g/mol. The van der Waals surface area contributed by atoms with Crippen molar-refractivity contribution in [1.29, 1.82) is 0 Å². The number of likely N-dealkylation sites (tertiary alicyclic amines) is 1. The number of piperidine rings is 1. The van der Waals surface area contributed by atoms with E-state index in [4.69, 9.17) is 0 Å². The van der Waals surface area contributed by atoms with Crippen molar-refractivity contribution in [2.75, 3.05) is 18.8 Å². The van der Waals surface area contributed by atoms with E-state index in [9.17, 15) is 4.79 Å². The lowest BCUT2D eigenvalue weighted by Gasteiger charge is -2.26. The zero-order chi connectivity index (χ0) is 15.4. The molecule has 0 saturated carbocycles. The van der Waals surface area contributed by atoms with Gasteiger partial charge in [-0.1, -0.05) is 27.7 Å². The number of halogens is 1. The van der Waals surface area contributed by atoms with Crippen molar-refractivity contribution in [3.05, 3.63) is 41.1 Å². The fraction of sp³-hybridized carbons (Fsp3) is 0.375. The van der Waals surface area contributed by atoms with Crippen LogP contribution in [-0.2, 0) is 4.79 Å². The zero-order valence-corrected chi connectivity index (χ0v) is 14.6. The highest BCUT2D eigenvalue weighted by Gasteiger charge is 2.17. The van der Waals surface area contributed by atoms with Crippen LogP contribution in [0.25, 0.3) is 5.69 Å². The predicted octanol–water partition coefficient (Wildman–Crippen LogP) is 3.74.